The van der Waals surface area contributed by atoms with E-state index in [0.29, 0.717) is 6.42 Å². The molecule has 4 nitrogen and oxygen atoms in total. The van der Waals surface area contributed by atoms with Gasteiger partial charge in [0.2, 0.25) is 0 Å². The van der Waals surface area contributed by atoms with E-state index in [-0.39, 0.29) is 17.6 Å². The standard InChI is InChI=1S/C16H20FN3O/c1-3-7-18-15(13-6-8-19-20-11-13)10-12-4-5-16(21-2)14(17)9-12/h4-6,8-9,11,15,18H,3,7,10H2,1-2H3. The monoisotopic (exact) mass is 289 g/mol. The molecule has 1 N–H and O–H groups in total. The topological polar surface area (TPSA) is 47.0 Å². The van der Waals surface area contributed by atoms with Crippen LogP contribution in [0.3, 0.4) is 0 Å². The summed E-state index contributed by atoms with van der Waals surface area (Å²) < 4.78 is 18.7. The number of nitrogens with one attached hydrogen (secondary N) is 1. The molecule has 2 rings (SSSR count). The molecule has 1 unspecified atom stereocenters. The molecule has 112 valence electrons. The van der Waals surface area contributed by atoms with E-state index < -0.39 is 0 Å². The maximum atomic E-state index is 13.8. The molecule has 0 aliphatic carbocycles. The van der Waals surface area contributed by atoms with Crippen LogP contribution in [0.4, 0.5) is 4.39 Å². The summed E-state index contributed by atoms with van der Waals surface area (Å²) in [7, 11) is 1.46. The highest BCUT2D eigenvalue weighted by Gasteiger charge is 2.13. The predicted octanol–water partition coefficient (Wildman–Crippen LogP) is 2.91. The number of nitrogens with zero attached hydrogens (tertiary/aromatic N) is 2. The molecule has 1 aromatic heterocycles. The van der Waals surface area contributed by atoms with E-state index in [0.717, 1.165) is 24.1 Å². The lowest BCUT2D eigenvalue weighted by Gasteiger charge is -2.19. The fourth-order valence-corrected chi connectivity index (χ4v) is 2.21. The SMILES string of the molecule is CCCNC(Cc1ccc(OC)c(F)c1)c1ccnnc1. The molecule has 21 heavy (non-hydrogen) atoms. The number of halogens is 1. The Hall–Kier alpha value is -2.01. The number of rotatable bonds is 7. The fourth-order valence-electron chi connectivity index (χ4n) is 2.21. The van der Waals surface area contributed by atoms with Crippen LogP contribution in [0, 0.1) is 5.82 Å². The molecule has 1 heterocycles. The molecule has 2 aromatic rings. The third-order valence-electron chi connectivity index (χ3n) is 3.31. The first-order valence-corrected chi connectivity index (χ1v) is 7.07. The largest absolute Gasteiger partial charge is 0.494 e. The van der Waals surface area contributed by atoms with Crippen molar-refractivity contribution < 1.29 is 9.13 Å². The van der Waals surface area contributed by atoms with Crippen molar-refractivity contribution in [3.05, 3.63) is 53.6 Å². The Morgan fingerprint density at radius 3 is 2.76 bits per heavy atom. The quantitative estimate of drug-likeness (QED) is 0.851. The zero-order valence-electron chi connectivity index (χ0n) is 12.3. The van der Waals surface area contributed by atoms with E-state index in [2.05, 4.69) is 22.4 Å². The molecule has 0 fully saturated rings. The van der Waals surface area contributed by atoms with Gasteiger partial charge in [0.25, 0.3) is 0 Å². The zero-order chi connectivity index (χ0) is 15.1. The highest BCUT2D eigenvalue weighted by Crippen LogP contribution is 2.22. The van der Waals surface area contributed by atoms with E-state index in [4.69, 9.17) is 4.74 Å². The van der Waals surface area contributed by atoms with Gasteiger partial charge < -0.3 is 10.1 Å². The van der Waals surface area contributed by atoms with Gasteiger partial charge in [0.15, 0.2) is 11.6 Å². The van der Waals surface area contributed by atoms with Gasteiger partial charge in [-0.2, -0.15) is 10.2 Å². The van der Waals surface area contributed by atoms with Crippen LogP contribution in [-0.2, 0) is 6.42 Å². The molecule has 0 spiro atoms. The summed E-state index contributed by atoms with van der Waals surface area (Å²) in [6, 6.07) is 7.09. The molecule has 0 bridgehead atoms. The van der Waals surface area contributed by atoms with Gasteiger partial charge >= 0.3 is 0 Å². The fraction of sp³-hybridized carbons (Fsp3) is 0.375. The molecular weight excluding hydrogens is 269 g/mol. The summed E-state index contributed by atoms with van der Waals surface area (Å²) in [5.74, 6) is -0.0699. The second-order valence-electron chi connectivity index (χ2n) is 4.86. The Morgan fingerprint density at radius 2 is 2.14 bits per heavy atom. The predicted molar refractivity (Wildman–Crippen MR) is 79.7 cm³/mol. The van der Waals surface area contributed by atoms with E-state index in [1.54, 1.807) is 18.5 Å². The van der Waals surface area contributed by atoms with Crippen molar-refractivity contribution in [3.8, 4) is 5.75 Å². The number of hydrogen-bond acceptors (Lipinski definition) is 4. The van der Waals surface area contributed by atoms with E-state index in [9.17, 15) is 4.39 Å². The maximum Gasteiger partial charge on any atom is 0.165 e. The minimum atomic E-state index is -0.336. The summed E-state index contributed by atoms with van der Waals surface area (Å²) in [5.41, 5.74) is 1.97. The van der Waals surface area contributed by atoms with Crippen molar-refractivity contribution in [2.24, 2.45) is 0 Å². The Labute approximate surface area is 124 Å². The van der Waals surface area contributed by atoms with Gasteiger partial charge in [-0.25, -0.2) is 4.39 Å². The molecule has 1 aromatic carbocycles. The lowest BCUT2D eigenvalue weighted by atomic mass is 10.00. The van der Waals surface area contributed by atoms with Gasteiger partial charge in [0, 0.05) is 12.2 Å². The third kappa shape index (κ3) is 4.23. The molecule has 0 aliphatic heterocycles. The summed E-state index contributed by atoms with van der Waals surface area (Å²) in [6.45, 7) is 3.01. The lowest BCUT2D eigenvalue weighted by molar-refractivity contribution is 0.386. The van der Waals surface area contributed by atoms with Gasteiger partial charge in [0.1, 0.15) is 0 Å². The minimum Gasteiger partial charge on any atom is -0.494 e. The van der Waals surface area contributed by atoms with Gasteiger partial charge in [-0.15, -0.1) is 0 Å². The Morgan fingerprint density at radius 1 is 1.29 bits per heavy atom. The summed E-state index contributed by atoms with van der Waals surface area (Å²) in [6.07, 6.45) is 5.14. The van der Waals surface area contributed by atoms with E-state index >= 15 is 0 Å². The summed E-state index contributed by atoms with van der Waals surface area (Å²) in [4.78, 5) is 0. The van der Waals surface area contributed by atoms with Crippen LogP contribution in [0.25, 0.3) is 0 Å². The average Bonchev–Trinajstić information content (AvgIpc) is 2.52. The van der Waals surface area contributed by atoms with Gasteiger partial charge in [0.05, 0.1) is 13.3 Å². The van der Waals surface area contributed by atoms with Crippen LogP contribution in [0.1, 0.15) is 30.5 Å². The van der Waals surface area contributed by atoms with Crippen LogP contribution >= 0.6 is 0 Å². The van der Waals surface area contributed by atoms with Crippen molar-refractivity contribution in [2.75, 3.05) is 13.7 Å². The Balaban J connectivity index is 2.16. The van der Waals surface area contributed by atoms with Crippen molar-refractivity contribution in [1.29, 1.82) is 0 Å². The van der Waals surface area contributed by atoms with Crippen molar-refractivity contribution in [3.63, 3.8) is 0 Å². The zero-order valence-corrected chi connectivity index (χ0v) is 12.3. The number of methoxy groups -OCH3 is 1. The molecule has 0 saturated carbocycles. The molecule has 0 radical (unpaired) electrons. The first-order chi connectivity index (χ1) is 10.2. The maximum absolute atomic E-state index is 13.8. The van der Waals surface area contributed by atoms with E-state index in [1.165, 1.54) is 13.2 Å². The van der Waals surface area contributed by atoms with Crippen molar-refractivity contribution in [2.45, 2.75) is 25.8 Å². The smallest absolute Gasteiger partial charge is 0.165 e. The summed E-state index contributed by atoms with van der Waals surface area (Å²) >= 11 is 0. The molecule has 5 heteroatoms. The van der Waals surface area contributed by atoms with Crippen molar-refractivity contribution in [1.82, 2.24) is 15.5 Å². The third-order valence-corrected chi connectivity index (χ3v) is 3.31. The molecular formula is C16H20FN3O. The number of aromatic nitrogens is 2. The van der Waals surface area contributed by atoms with Crippen molar-refractivity contribution >= 4 is 0 Å². The molecule has 0 saturated heterocycles. The first kappa shape index (κ1) is 15.4. The number of hydrogen-bond donors (Lipinski definition) is 1. The summed E-state index contributed by atoms with van der Waals surface area (Å²) in [5, 5.41) is 11.2. The molecule has 1 atom stereocenters. The van der Waals surface area contributed by atoms with Gasteiger partial charge in [-0.05, 0) is 48.7 Å². The molecule has 0 amide bonds. The second kappa shape index (κ2) is 7.69. The van der Waals surface area contributed by atoms with Crippen LogP contribution in [0.15, 0.2) is 36.7 Å². The van der Waals surface area contributed by atoms with Gasteiger partial charge in [-0.3, -0.25) is 0 Å². The minimum absolute atomic E-state index is 0.0910. The van der Waals surface area contributed by atoms with Crippen LogP contribution in [-0.4, -0.2) is 23.9 Å². The highest BCUT2D eigenvalue weighted by molar-refractivity contribution is 5.30. The van der Waals surface area contributed by atoms with Crippen LogP contribution in [0.2, 0.25) is 0 Å². The number of ether oxygens (including phenoxy) is 1. The normalized spacial score (nSPS) is 12.1. The lowest BCUT2D eigenvalue weighted by Crippen LogP contribution is -2.24. The molecule has 0 aliphatic rings. The van der Waals surface area contributed by atoms with Crippen LogP contribution in [0.5, 0.6) is 5.75 Å². The Kier molecular flexibility index (Phi) is 5.63. The van der Waals surface area contributed by atoms with Crippen LogP contribution < -0.4 is 10.1 Å². The second-order valence-corrected chi connectivity index (χ2v) is 4.86. The van der Waals surface area contributed by atoms with Gasteiger partial charge in [-0.1, -0.05) is 13.0 Å². The number of benzene rings is 1. The Bertz CT molecular complexity index is 563. The van der Waals surface area contributed by atoms with E-state index in [1.807, 2.05) is 12.1 Å². The first-order valence-electron chi connectivity index (χ1n) is 7.07. The highest BCUT2D eigenvalue weighted by atomic mass is 19.1. The average molecular weight is 289 g/mol.